The van der Waals surface area contributed by atoms with Gasteiger partial charge in [-0.2, -0.15) is 0 Å². The number of hydrogen-bond donors (Lipinski definition) is 1. The number of likely N-dealkylation sites (tertiary alicyclic amines) is 1. The summed E-state index contributed by atoms with van der Waals surface area (Å²) in [6.45, 7) is 7.11. The molecule has 5 heteroatoms. The summed E-state index contributed by atoms with van der Waals surface area (Å²) in [5, 5.41) is 3.88. The second kappa shape index (κ2) is 5.80. The molecular formula is C13H21N3OS. The van der Waals surface area contributed by atoms with Crippen LogP contribution in [-0.4, -0.2) is 35.9 Å². The van der Waals surface area contributed by atoms with Crippen molar-refractivity contribution in [2.45, 2.75) is 33.2 Å². The average Bonchev–Trinajstić information content (AvgIpc) is 2.68. The fraction of sp³-hybridized carbons (Fsp3) is 0.692. The maximum absolute atomic E-state index is 11.5. The SMILES string of the molecule is CNC(=O)C1CCN(Cc2nc(C)sc2C)CC1. The monoisotopic (exact) mass is 267 g/mol. The molecule has 1 fully saturated rings. The van der Waals surface area contributed by atoms with Crippen molar-refractivity contribution < 1.29 is 4.79 Å². The van der Waals surface area contributed by atoms with Gasteiger partial charge in [-0.05, 0) is 39.8 Å². The van der Waals surface area contributed by atoms with Crippen LogP contribution in [0.2, 0.25) is 0 Å². The minimum atomic E-state index is 0.190. The Hall–Kier alpha value is -0.940. The number of carbonyl (C=O) groups excluding carboxylic acids is 1. The molecule has 2 rings (SSSR count). The lowest BCUT2D eigenvalue weighted by Gasteiger charge is -2.30. The largest absolute Gasteiger partial charge is 0.359 e. The summed E-state index contributed by atoms with van der Waals surface area (Å²) < 4.78 is 0. The first-order valence-corrected chi connectivity index (χ1v) is 7.28. The van der Waals surface area contributed by atoms with E-state index in [1.165, 1.54) is 10.6 Å². The maximum atomic E-state index is 11.5. The Bertz CT molecular complexity index is 422. The molecule has 1 aromatic rings. The van der Waals surface area contributed by atoms with Crippen LogP contribution in [0.5, 0.6) is 0 Å². The highest BCUT2D eigenvalue weighted by Gasteiger charge is 2.24. The fourth-order valence-electron chi connectivity index (χ4n) is 2.49. The number of thiazole rings is 1. The summed E-state index contributed by atoms with van der Waals surface area (Å²) in [7, 11) is 1.72. The summed E-state index contributed by atoms with van der Waals surface area (Å²) in [5.41, 5.74) is 1.20. The van der Waals surface area contributed by atoms with Crippen LogP contribution < -0.4 is 5.32 Å². The Morgan fingerprint density at radius 2 is 2.11 bits per heavy atom. The minimum Gasteiger partial charge on any atom is -0.359 e. The third-order valence-electron chi connectivity index (χ3n) is 3.58. The molecule has 2 heterocycles. The zero-order chi connectivity index (χ0) is 13.1. The molecule has 1 aliphatic heterocycles. The van der Waals surface area contributed by atoms with E-state index in [2.05, 4.69) is 29.0 Å². The van der Waals surface area contributed by atoms with Gasteiger partial charge in [0.25, 0.3) is 0 Å². The highest BCUT2D eigenvalue weighted by atomic mass is 32.1. The lowest BCUT2D eigenvalue weighted by molar-refractivity contribution is -0.125. The summed E-state index contributed by atoms with van der Waals surface area (Å²) in [6, 6.07) is 0. The van der Waals surface area contributed by atoms with Gasteiger partial charge in [0.15, 0.2) is 0 Å². The van der Waals surface area contributed by atoms with Crippen molar-refractivity contribution in [2.75, 3.05) is 20.1 Å². The molecule has 0 aromatic carbocycles. The van der Waals surface area contributed by atoms with E-state index in [1.807, 2.05) is 0 Å². The molecular weight excluding hydrogens is 246 g/mol. The molecule has 0 bridgehead atoms. The zero-order valence-corrected chi connectivity index (χ0v) is 12.1. The number of hydrogen-bond acceptors (Lipinski definition) is 4. The molecule has 0 atom stereocenters. The van der Waals surface area contributed by atoms with Crippen molar-refractivity contribution in [1.29, 1.82) is 0 Å². The van der Waals surface area contributed by atoms with Gasteiger partial charge >= 0.3 is 0 Å². The lowest BCUT2D eigenvalue weighted by atomic mass is 9.96. The van der Waals surface area contributed by atoms with Gasteiger partial charge in [0.1, 0.15) is 0 Å². The van der Waals surface area contributed by atoms with Crippen LogP contribution in [0.15, 0.2) is 0 Å². The molecule has 1 saturated heterocycles. The molecule has 100 valence electrons. The van der Waals surface area contributed by atoms with Crippen molar-refractivity contribution in [3.05, 3.63) is 15.6 Å². The smallest absolute Gasteiger partial charge is 0.222 e. The number of rotatable bonds is 3. The van der Waals surface area contributed by atoms with Crippen LogP contribution in [0.3, 0.4) is 0 Å². The van der Waals surface area contributed by atoms with Crippen molar-refractivity contribution in [1.82, 2.24) is 15.2 Å². The van der Waals surface area contributed by atoms with Crippen LogP contribution >= 0.6 is 11.3 Å². The first-order chi connectivity index (χ1) is 8.60. The molecule has 0 saturated carbocycles. The molecule has 1 amide bonds. The highest BCUT2D eigenvalue weighted by molar-refractivity contribution is 7.11. The van der Waals surface area contributed by atoms with Crippen LogP contribution in [0.1, 0.15) is 28.4 Å². The van der Waals surface area contributed by atoms with Gasteiger partial charge in [-0.25, -0.2) is 4.98 Å². The Balaban J connectivity index is 1.87. The second-order valence-electron chi connectivity index (χ2n) is 4.90. The van der Waals surface area contributed by atoms with Crippen molar-refractivity contribution in [2.24, 2.45) is 5.92 Å². The number of carbonyl (C=O) groups is 1. The Labute approximate surface area is 112 Å². The molecule has 0 aliphatic carbocycles. The van der Waals surface area contributed by atoms with Crippen LogP contribution in [0.25, 0.3) is 0 Å². The number of amides is 1. The van der Waals surface area contributed by atoms with Gasteiger partial charge < -0.3 is 5.32 Å². The molecule has 0 spiro atoms. The van der Waals surface area contributed by atoms with Crippen molar-refractivity contribution >= 4 is 17.2 Å². The van der Waals surface area contributed by atoms with Gasteiger partial charge in [0.05, 0.1) is 10.7 Å². The number of nitrogens with one attached hydrogen (secondary N) is 1. The average molecular weight is 267 g/mol. The lowest BCUT2D eigenvalue weighted by Crippen LogP contribution is -2.39. The predicted molar refractivity (Wildman–Crippen MR) is 73.7 cm³/mol. The van der Waals surface area contributed by atoms with Gasteiger partial charge in [0.2, 0.25) is 5.91 Å². The number of piperidine rings is 1. The third kappa shape index (κ3) is 3.09. The summed E-state index contributed by atoms with van der Waals surface area (Å²) >= 11 is 1.76. The van der Waals surface area contributed by atoms with Crippen LogP contribution in [0.4, 0.5) is 0 Å². The van der Waals surface area contributed by atoms with Crippen LogP contribution in [0, 0.1) is 19.8 Å². The third-order valence-corrected chi connectivity index (χ3v) is 4.51. The van der Waals surface area contributed by atoms with Crippen molar-refractivity contribution in [3.63, 3.8) is 0 Å². The molecule has 1 aliphatic rings. The molecule has 0 unspecified atom stereocenters. The Morgan fingerprint density at radius 1 is 1.44 bits per heavy atom. The van der Waals surface area contributed by atoms with Gasteiger partial charge in [-0.3, -0.25) is 9.69 Å². The van der Waals surface area contributed by atoms with E-state index >= 15 is 0 Å². The van der Waals surface area contributed by atoms with E-state index < -0.39 is 0 Å². The standard InChI is InChI=1S/C13H21N3OS/c1-9-12(15-10(2)18-9)8-16-6-4-11(5-7-16)13(17)14-3/h11H,4-8H2,1-3H3,(H,14,17). The van der Waals surface area contributed by atoms with Crippen LogP contribution in [-0.2, 0) is 11.3 Å². The highest BCUT2D eigenvalue weighted by Crippen LogP contribution is 2.22. The van der Waals surface area contributed by atoms with E-state index in [0.29, 0.717) is 0 Å². The van der Waals surface area contributed by atoms with E-state index in [0.717, 1.165) is 37.5 Å². The van der Waals surface area contributed by atoms with E-state index in [4.69, 9.17) is 0 Å². The van der Waals surface area contributed by atoms with Gasteiger partial charge in [0, 0.05) is 24.4 Å². The quantitative estimate of drug-likeness (QED) is 0.907. The van der Waals surface area contributed by atoms with Gasteiger partial charge in [-0.1, -0.05) is 0 Å². The number of aryl methyl sites for hydroxylation is 2. The maximum Gasteiger partial charge on any atom is 0.222 e. The summed E-state index contributed by atoms with van der Waals surface area (Å²) in [4.78, 5) is 19.8. The van der Waals surface area contributed by atoms with Crippen molar-refractivity contribution in [3.8, 4) is 0 Å². The first-order valence-electron chi connectivity index (χ1n) is 6.47. The summed E-state index contributed by atoms with van der Waals surface area (Å²) in [5.74, 6) is 0.389. The Morgan fingerprint density at radius 3 is 2.61 bits per heavy atom. The van der Waals surface area contributed by atoms with E-state index in [1.54, 1.807) is 18.4 Å². The molecule has 0 radical (unpaired) electrons. The Kier molecular flexibility index (Phi) is 4.35. The van der Waals surface area contributed by atoms with E-state index in [-0.39, 0.29) is 11.8 Å². The first kappa shape index (κ1) is 13.5. The molecule has 4 nitrogen and oxygen atoms in total. The summed E-state index contributed by atoms with van der Waals surface area (Å²) in [6.07, 6.45) is 1.92. The van der Waals surface area contributed by atoms with E-state index in [9.17, 15) is 4.79 Å². The number of nitrogens with zero attached hydrogens (tertiary/aromatic N) is 2. The molecule has 1 aromatic heterocycles. The predicted octanol–water partition coefficient (Wildman–Crippen LogP) is 1.72. The zero-order valence-electron chi connectivity index (χ0n) is 11.3. The molecule has 18 heavy (non-hydrogen) atoms. The second-order valence-corrected chi connectivity index (χ2v) is 6.31. The topological polar surface area (TPSA) is 45.2 Å². The van der Waals surface area contributed by atoms with Gasteiger partial charge in [-0.15, -0.1) is 11.3 Å². The normalized spacial score (nSPS) is 17.9. The number of aromatic nitrogens is 1. The fourth-order valence-corrected chi connectivity index (χ4v) is 3.31. The minimum absolute atomic E-state index is 0.190. The molecule has 1 N–H and O–H groups in total.